The number of aliphatic hydroxyl groups excluding tert-OH is 1. The third-order valence-corrected chi connectivity index (χ3v) is 0. The van der Waals surface area contributed by atoms with Crippen LogP contribution in [-0.2, 0) is 4.79 Å². The summed E-state index contributed by atoms with van der Waals surface area (Å²) in [6.07, 6.45) is 0. The van der Waals surface area contributed by atoms with Crippen molar-refractivity contribution in [1.29, 1.82) is 0 Å². The molecular formula is CHNa2O2. The van der Waals surface area contributed by atoms with Gasteiger partial charge < -0.3 is 9.90 Å². The van der Waals surface area contributed by atoms with E-state index in [1.807, 2.05) is 0 Å². The quantitative estimate of drug-likeness (QED) is 0.245. The molecule has 0 unspecified atom stereocenters. The fourth-order valence-electron chi connectivity index (χ4n) is 0. The minimum Gasteiger partial charge on any atom is -0.665 e. The van der Waals surface area contributed by atoms with Crippen LogP contribution in [-0.4, -0.2) is 41.1 Å². The van der Waals surface area contributed by atoms with Crippen LogP contribution in [0.3, 0.4) is 0 Å². The third kappa shape index (κ3) is 30.5. The van der Waals surface area contributed by atoms with E-state index in [2.05, 4.69) is 0 Å². The van der Waals surface area contributed by atoms with Crippen molar-refractivity contribution < 1.29 is 39.5 Å². The van der Waals surface area contributed by atoms with Crippen molar-refractivity contribution in [3.05, 3.63) is 0 Å². The van der Waals surface area contributed by atoms with Crippen molar-refractivity contribution in [3.8, 4) is 0 Å². The summed E-state index contributed by atoms with van der Waals surface area (Å²) < 4.78 is 0. The summed E-state index contributed by atoms with van der Waals surface area (Å²) in [6.45, 7) is 0.500. The molecule has 1 radical (unpaired) electrons. The third-order valence-electron chi connectivity index (χ3n) is 0. The molecule has 5 heavy (non-hydrogen) atoms. The van der Waals surface area contributed by atoms with Gasteiger partial charge in [-0.25, -0.2) is 0 Å². The summed E-state index contributed by atoms with van der Waals surface area (Å²) in [5, 5.41) is 6.76. The van der Waals surface area contributed by atoms with Crippen molar-refractivity contribution in [1.82, 2.24) is 0 Å². The van der Waals surface area contributed by atoms with Crippen LogP contribution >= 0.6 is 0 Å². The van der Waals surface area contributed by atoms with Gasteiger partial charge in [-0.3, -0.25) is 0 Å². The van der Waals surface area contributed by atoms with Gasteiger partial charge in [-0.2, -0.15) is 0 Å². The van der Waals surface area contributed by atoms with E-state index in [-0.39, 0.29) is 59.1 Å². The van der Waals surface area contributed by atoms with Crippen LogP contribution in [0.4, 0.5) is 0 Å². The van der Waals surface area contributed by atoms with Gasteiger partial charge in [-0.05, 0) is 0 Å². The van der Waals surface area contributed by atoms with Crippen LogP contribution in [0.15, 0.2) is 0 Å². The van der Waals surface area contributed by atoms with E-state index in [1.54, 1.807) is 0 Å². The van der Waals surface area contributed by atoms with Crippen molar-refractivity contribution in [3.63, 3.8) is 0 Å². The van der Waals surface area contributed by atoms with Crippen LogP contribution < -0.4 is 29.6 Å². The number of hydrogen-bond donors (Lipinski definition) is 1. The Labute approximate surface area is 74.5 Å². The van der Waals surface area contributed by atoms with E-state index in [0.29, 0.717) is 6.47 Å². The predicted octanol–water partition coefficient (Wildman–Crippen LogP) is -3.77. The van der Waals surface area contributed by atoms with Crippen LogP contribution in [0.25, 0.3) is 0 Å². The molecule has 0 spiro atoms. The average Bonchev–Trinajstić information content (AvgIpc) is 0.918. The van der Waals surface area contributed by atoms with Crippen LogP contribution in [0.2, 0.25) is 0 Å². The predicted molar refractivity (Wildman–Crippen MR) is 14.1 cm³/mol. The summed E-state index contributed by atoms with van der Waals surface area (Å²) in [5.74, 6) is 0. The smallest absolute Gasteiger partial charge is 0.665 e. The van der Waals surface area contributed by atoms with Gasteiger partial charge in [0.15, 0.2) is 0 Å². The summed E-state index contributed by atoms with van der Waals surface area (Å²) >= 11 is 0. The molecule has 0 amide bonds. The molecule has 0 aliphatic rings. The monoisotopic (exact) mass is 91.0 g/mol. The zero-order chi connectivity index (χ0) is 2.71. The molecule has 0 saturated carbocycles. The van der Waals surface area contributed by atoms with Gasteiger partial charge >= 0.3 is 29.6 Å². The largest absolute Gasteiger partial charge is 1.00 e. The number of rotatable bonds is 0. The molecule has 0 aliphatic carbocycles. The molecular weight excluding hydrogens is 90.0 g/mol. The maximum absolute atomic E-state index is 8.24. The first kappa shape index (κ1) is 16.1. The summed E-state index contributed by atoms with van der Waals surface area (Å²) in [7, 11) is 0. The standard InChI is InChI=1S/CHO2.2Na/c2-1-3;;/h(H,2,3);;/q-1;;+1. The molecule has 0 aromatic heterocycles. The SMILES string of the molecule is O=[C-]O.[Na+].[Na]. The summed E-state index contributed by atoms with van der Waals surface area (Å²) in [4.78, 5) is 8.24. The topological polar surface area (TPSA) is 37.3 Å². The van der Waals surface area contributed by atoms with Crippen molar-refractivity contribution >= 4 is 36.0 Å². The van der Waals surface area contributed by atoms with Gasteiger partial charge in [0.05, 0.1) is 0 Å². The molecule has 1 N–H and O–H groups in total. The Hall–Kier alpha value is 1.47. The maximum Gasteiger partial charge on any atom is 1.00 e. The van der Waals surface area contributed by atoms with E-state index in [9.17, 15) is 0 Å². The fraction of sp³-hybridized carbons (Fsp3) is 0. The van der Waals surface area contributed by atoms with Gasteiger partial charge in [0.2, 0.25) is 0 Å². The molecule has 0 aromatic carbocycles. The van der Waals surface area contributed by atoms with Gasteiger partial charge in [-0.1, -0.05) is 6.47 Å². The molecule has 0 aromatic rings. The van der Waals surface area contributed by atoms with Crippen LogP contribution in [0.1, 0.15) is 0 Å². The first-order valence-electron chi connectivity index (χ1n) is 0.428. The molecule has 19 valence electrons. The van der Waals surface area contributed by atoms with Crippen molar-refractivity contribution in [2.24, 2.45) is 0 Å². The Morgan fingerprint density at radius 2 is 1.60 bits per heavy atom. The Morgan fingerprint density at radius 1 is 1.60 bits per heavy atom. The molecule has 0 atom stereocenters. The Morgan fingerprint density at radius 3 is 1.60 bits per heavy atom. The molecule has 0 rings (SSSR count). The molecule has 4 heteroatoms. The molecule has 0 aliphatic heterocycles. The minimum atomic E-state index is 0. The average molecular weight is 91.0 g/mol. The Bertz CT molecular complexity index is 15.1. The second kappa shape index (κ2) is 17.9. The first-order valence-corrected chi connectivity index (χ1v) is 0.428. The van der Waals surface area contributed by atoms with E-state index in [0.717, 1.165) is 0 Å². The van der Waals surface area contributed by atoms with E-state index < -0.39 is 0 Å². The van der Waals surface area contributed by atoms with Crippen molar-refractivity contribution in [2.75, 3.05) is 0 Å². The minimum absolute atomic E-state index is 0. The van der Waals surface area contributed by atoms with Gasteiger partial charge in [0.1, 0.15) is 0 Å². The normalized spacial score (nSPS) is 2.40. The van der Waals surface area contributed by atoms with E-state index >= 15 is 0 Å². The maximum atomic E-state index is 8.24. The van der Waals surface area contributed by atoms with E-state index in [4.69, 9.17) is 9.90 Å². The molecule has 0 saturated heterocycles. The molecule has 2 nitrogen and oxygen atoms in total. The van der Waals surface area contributed by atoms with Crippen LogP contribution in [0.5, 0.6) is 0 Å². The molecule has 0 fully saturated rings. The van der Waals surface area contributed by atoms with Gasteiger partial charge in [0, 0.05) is 29.6 Å². The van der Waals surface area contributed by atoms with Gasteiger partial charge in [0.25, 0.3) is 0 Å². The number of hydrogen-bond acceptors (Lipinski definition) is 1. The zero-order valence-electron chi connectivity index (χ0n) is 3.36. The fourth-order valence-corrected chi connectivity index (χ4v) is 0. The Kier molecular flexibility index (Phi) is 57.6. The van der Waals surface area contributed by atoms with Gasteiger partial charge in [-0.15, -0.1) is 0 Å². The zero-order valence-corrected chi connectivity index (χ0v) is 7.36. The molecule has 0 bridgehead atoms. The van der Waals surface area contributed by atoms with Crippen LogP contribution in [0, 0.1) is 0 Å². The molecule has 0 heterocycles. The first-order chi connectivity index (χ1) is 1.41. The van der Waals surface area contributed by atoms with E-state index in [1.165, 1.54) is 0 Å². The Balaban J connectivity index is -0.0000000200. The summed E-state index contributed by atoms with van der Waals surface area (Å²) in [5.41, 5.74) is 0. The summed E-state index contributed by atoms with van der Waals surface area (Å²) in [6, 6.07) is 0. The second-order valence-electron chi connectivity index (χ2n) is 0.0913. The second-order valence-corrected chi connectivity index (χ2v) is 0.0913. The van der Waals surface area contributed by atoms with Crippen molar-refractivity contribution in [2.45, 2.75) is 0 Å².